The molecule has 4 rings (SSSR count). The Morgan fingerprint density at radius 1 is 0.694 bits per heavy atom. The van der Waals surface area contributed by atoms with Crippen LogP contribution in [0, 0.1) is 33.5 Å². The maximum Gasteiger partial charge on any atom is 0.315 e. The molecule has 0 N–H and O–H groups in total. The number of allylic oxidation sites excluding steroid dienone is 2. The zero-order chi connectivity index (χ0) is 27.1. The summed E-state index contributed by atoms with van der Waals surface area (Å²) in [5, 5.41) is 0. The van der Waals surface area contributed by atoms with Gasteiger partial charge in [-0.25, -0.2) is 0 Å². The van der Waals surface area contributed by atoms with Crippen molar-refractivity contribution in [2.75, 3.05) is 14.2 Å². The zero-order valence-electron chi connectivity index (χ0n) is 23.4. The van der Waals surface area contributed by atoms with E-state index in [1.807, 2.05) is 27.7 Å². The zero-order valence-corrected chi connectivity index (χ0v) is 23.4. The molecule has 2 fully saturated rings. The van der Waals surface area contributed by atoms with Crippen LogP contribution in [0.1, 0.15) is 92.9 Å². The molecule has 2 saturated carbocycles. The highest BCUT2D eigenvalue weighted by atomic mass is 16.5. The fourth-order valence-corrected chi connectivity index (χ4v) is 7.65. The highest BCUT2D eigenvalue weighted by Gasteiger charge is 2.58. The lowest BCUT2D eigenvalue weighted by atomic mass is 9.51. The van der Waals surface area contributed by atoms with Gasteiger partial charge >= 0.3 is 11.9 Å². The summed E-state index contributed by atoms with van der Waals surface area (Å²) in [7, 11) is 2.88. The summed E-state index contributed by atoms with van der Waals surface area (Å²) in [5.74, 6) is 0.351. The van der Waals surface area contributed by atoms with Crippen molar-refractivity contribution in [3.63, 3.8) is 0 Å². The lowest BCUT2D eigenvalue weighted by Crippen LogP contribution is -2.53. The van der Waals surface area contributed by atoms with Gasteiger partial charge in [-0.3, -0.25) is 19.2 Å². The number of esters is 2. The molecule has 0 spiro atoms. The summed E-state index contributed by atoms with van der Waals surface area (Å²) in [6.45, 7) is 12.0. The second kappa shape index (κ2) is 9.90. The SMILES string of the molecule is COC(=O)[C@@]12C=C(C)CC[C@@H]1C(C)(C)C(=O)CC2.COC(=O)[C@]12C=C(C)CC[C@H]1C(C)(C)C(=O)CC2. The first-order chi connectivity index (χ1) is 16.7. The summed E-state index contributed by atoms with van der Waals surface area (Å²) < 4.78 is 10.1. The van der Waals surface area contributed by atoms with Gasteiger partial charge in [0.2, 0.25) is 0 Å². The highest BCUT2D eigenvalue weighted by molar-refractivity contribution is 5.91. The van der Waals surface area contributed by atoms with Gasteiger partial charge in [-0.15, -0.1) is 0 Å². The number of ether oxygens (including phenoxy) is 2. The largest absolute Gasteiger partial charge is 0.468 e. The number of ketones is 2. The molecule has 0 aromatic carbocycles. The third kappa shape index (κ3) is 4.50. The molecule has 6 nitrogen and oxygen atoms in total. The van der Waals surface area contributed by atoms with E-state index < -0.39 is 21.7 Å². The van der Waals surface area contributed by atoms with Crippen molar-refractivity contribution in [3.05, 3.63) is 23.3 Å². The summed E-state index contributed by atoms with van der Waals surface area (Å²) in [6.07, 6.45) is 10.0. The predicted molar refractivity (Wildman–Crippen MR) is 138 cm³/mol. The van der Waals surface area contributed by atoms with Crippen LogP contribution in [0.4, 0.5) is 0 Å². The van der Waals surface area contributed by atoms with Crippen molar-refractivity contribution in [3.8, 4) is 0 Å². The Hall–Kier alpha value is -2.24. The smallest absolute Gasteiger partial charge is 0.315 e. The molecule has 36 heavy (non-hydrogen) atoms. The van der Waals surface area contributed by atoms with Crippen molar-refractivity contribution in [1.29, 1.82) is 0 Å². The molecular formula is C30H44O6. The molecule has 0 bridgehead atoms. The average molecular weight is 501 g/mol. The molecule has 0 aromatic heterocycles. The maximum atomic E-state index is 12.3. The first-order valence-corrected chi connectivity index (χ1v) is 13.3. The van der Waals surface area contributed by atoms with Crippen molar-refractivity contribution in [1.82, 2.24) is 0 Å². The van der Waals surface area contributed by atoms with E-state index in [0.717, 1.165) is 25.7 Å². The van der Waals surface area contributed by atoms with Crippen LogP contribution < -0.4 is 0 Å². The van der Waals surface area contributed by atoms with Crippen LogP contribution in [0.3, 0.4) is 0 Å². The van der Waals surface area contributed by atoms with E-state index in [-0.39, 0.29) is 35.3 Å². The van der Waals surface area contributed by atoms with E-state index in [1.165, 1.54) is 25.4 Å². The molecule has 0 unspecified atom stereocenters. The Kier molecular flexibility index (Phi) is 7.80. The monoisotopic (exact) mass is 500 g/mol. The van der Waals surface area contributed by atoms with Crippen molar-refractivity contribution >= 4 is 23.5 Å². The number of fused-ring (bicyclic) bond motifs is 2. The first-order valence-electron chi connectivity index (χ1n) is 13.3. The van der Waals surface area contributed by atoms with Gasteiger partial charge in [0.05, 0.1) is 25.0 Å². The second-order valence-electron chi connectivity index (χ2n) is 12.5. The minimum absolute atomic E-state index is 0.0717. The van der Waals surface area contributed by atoms with Crippen LogP contribution in [0.2, 0.25) is 0 Å². The average Bonchev–Trinajstić information content (AvgIpc) is 2.83. The van der Waals surface area contributed by atoms with E-state index in [2.05, 4.69) is 26.0 Å². The number of rotatable bonds is 2. The third-order valence-corrected chi connectivity index (χ3v) is 9.75. The van der Waals surface area contributed by atoms with Gasteiger partial charge in [0.15, 0.2) is 0 Å². The van der Waals surface area contributed by atoms with Gasteiger partial charge in [-0.1, -0.05) is 51.0 Å². The molecule has 0 saturated heterocycles. The van der Waals surface area contributed by atoms with Gasteiger partial charge in [-0.2, -0.15) is 0 Å². The Bertz CT molecular complexity index is 919. The van der Waals surface area contributed by atoms with Gasteiger partial charge < -0.3 is 9.47 Å². The number of methoxy groups -OCH3 is 2. The number of carbonyl (C=O) groups excluding carboxylic acids is 4. The molecule has 0 heterocycles. The van der Waals surface area contributed by atoms with E-state index in [0.29, 0.717) is 25.7 Å². The topological polar surface area (TPSA) is 86.7 Å². The minimum Gasteiger partial charge on any atom is -0.468 e. The molecule has 4 aliphatic rings. The fraction of sp³-hybridized carbons (Fsp3) is 0.733. The van der Waals surface area contributed by atoms with E-state index >= 15 is 0 Å². The fourth-order valence-electron chi connectivity index (χ4n) is 7.65. The summed E-state index contributed by atoms with van der Waals surface area (Å²) >= 11 is 0. The molecule has 200 valence electrons. The number of hydrogen-bond acceptors (Lipinski definition) is 6. The Labute approximate surface area is 216 Å². The molecule has 0 amide bonds. The standard InChI is InChI=1S/2C15H22O3/c2*1-10-5-6-11-14(2,3)12(16)7-8-15(11,9-10)13(17)18-4/h2*9,11H,5-8H2,1-4H3/t2*11-,15+/m10/s1. The second-order valence-corrected chi connectivity index (χ2v) is 12.5. The quantitative estimate of drug-likeness (QED) is 0.353. The molecule has 4 aliphatic carbocycles. The summed E-state index contributed by atoms with van der Waals surface area (Å²) in [6, 6.07) is 0. The third-order valence-electron chi connectivity index (χ3n) is 9.75. The van der Waals surface area contributed by atoms with Crippen LogP contribution in [0.25, 0.3) is 0 Å². The van der Waals surface area contributed by atoms with Crippen LogP contribution in [0.5, 0.6) is 0 Å². The van der Waals surface area contributed by atoms with Crippen LogP contribution in [-0.4, -0.2) is 37.7 Å². The highest BCUT2D eigenvalue weighted by Crippen LogP contribution is 2.57. The first kappa shape index (κ1) is 28.3. The molecule has 6 heteroatoms. The van der Waals surface area contributed by atoms with Crippen LogP contribution in [0.15, 0.2) is 23.3 Å². The van der Waals surface area contributed by atoms with E-state index in [1.54, 1.807) is 0 Å². The maximum absolute atomic E-state index is 12.3. The van der Waals surface area contributed by atoms with Crippen molar-refractivity contribution < 1.29 is 28.7 Å². The Morgan fingerprint density at radius 2 is 1.03 bits per heavy atom. The summed E-state index contributed by atoms with van der Waals surface area (Å²) in [5.41, 5.74) is 0.472. The molecule has 0 aromatic rings. The Balaban J connectivity index is 0.000000201. The van der Waals surface area contributed by atoms with Gasteiger partial charge in [0.1, 0.15) is 11.6 Å². The van der Waals surface area contributed by atoms with E-state index in [9.17, 15) is 19.2 Å². The van der Waals surface area contributed by atoms with Crippen LogP contribution >= 0.6 is 0 Å². The molecule has 0 radical (unpaired) electrons. The molecule has 4 atom stereocenters. The molecule has 0 aliphatic heterocycles. The summed E-state index contributed by atoms with van der Waals surface area (Å²) in [4.78, 5) is 48.8. The van der Waals surface area contributed by atoms with Crippen molar-refractivity contribution in [2.24, 2.45) is 33.5 Å². The van der Waals surface area contributed by atoms with E-state index in [4.69, 9.17) is 9.47 Å². The molecular weight excluding hydrogens is 456 g/mol. The Morgan fingerprint density at radius 3 is 1.33 bits per heavy atom. The number of hydrogen-bond donors (Lipinski definition) is 0. The minimum atomic E-state index is -0.575. The lowest BCUT2D eigenvalue weighted by molar-refractivity contribution is -0.164. The number of Topliss-reactive ketones (excluding diaryl/α,β-unsaturated/α-hetero) is 2. The van der Waals surface area contributed by atoms with Crippen molar-refractivity contribution in [2.45, 2.75) is 92.9 Å². The lowest BCUT2D eigenvalue weighted by Gasteiger charge is -2.50. The van der Waals surface area contributed by atoms with Gasteiger partial charge in [0.25, 0.3) is 0 Å². The van der Waals surface area contributed by atoms with Gasteiger partial charge in [-0.05, 0) is 64.2 Å². The normalized spacial score (nSPS) is 34.6. The van der Waals surface area contributed by atoms with Gasteiger partial charge in [0, 0.05) is 23.7 Å². The number of carbonyl (C=O) groups is 4. The van der Waals surface area contributed by atoms with Crippen LogP contribution in [-0.2, 0) is 28.7 Å². The predicted octanol–water partition coefficient (Wildman–Crippen LogP) is 5.78.